The second-order valence-corrected chi connectivity index (χ2v) is 5.62. The van der Waals surface area contributed by atoms with Gasteiger partial charge in [0, 0.05) is 0 Å². The molecule has 0 amide bonds. The Balaban J connectivity index is 1.97. The topological polar surface area (TPSA) is 26.3 Å². The molecule has 0 N–H and O–H groups in total. The summed E-state index contributed by atoms with van der Waals surface area (Å²) in [4.78, 5) is 11.9. The standard InChI is InChI=1S/C14H22O2/c1-9(2)16-14(15)12-7-11-6-4-5-10(3)13(11)8-12/h4,6,9-13H,5,7-8H2,1-3H3/t10-,11+,12?,13?/m1/s1. The van der Waals surface area contributed by atoms with Crippen molar-refractivity contribution in [3.8, 4) is 0 Å². The van der Waals surface area contributed by atoms with Gasteiger partial charge in [0.15, 0.2) is 0 Å². The minimum Gasteiger partial charge on any atom is -0.463 e. The van der Waals surface area contributed by atoms with Gasteiger partial charge in [-0.25, -0.2) is 0 Å². The van der Waals surface area contributed by atoms with Gasteiger partial charge in [-0.15, -0.1) is 0 Å². The van der Waals surface area contributed by atoms with Crippen LogP contribution >= 0.6 is 0 Å². The number of carbonyl (C=O) groups excluding carboxylic acids is 1. The van der Waals surface area contributed by atoms with Crippen molar-refractivity contribution in [2.24, 2.45) is 23.7 Å². The number of esters is 1. The number of rotatable bonds is 2. The molecular formula is C14H22O2. The van der Waals surface area contributed by atoms with E-state index in [0.29, 0.717) is 11.8 Å². The Morgan fingerprint density at radius 2 is 2.12 bits per heavy atom. The van der Waals surface area contributed by atoms with Crippen molar-refractivity contribution in [2.75, 3.05) is 0 Å². The maximum Gasteiger partial charge on any atom is 0.309 e. The maximum atomic E-state index is 11.9. The van der Waals surface area contributed by atoms with Gasteiger partial charge in [-0.05, 0) is 50.9 Å². The molecule has 1 fully saturated rings. The monoisotopic (exact) mass is 222 g/mol. The summed E-state index contributed by atoms with van der Waals surface area (Å²) < 4.78 is 5.31. The molecule has 2 heteroatoms. The molecule has 0 bridgehead atoms. The van der Waals surface area contributed by atoms with Gasteiger partial charge in [-0.3, -0.25) is 4.79 Å². The molecule has 1 saturated carbocycles. The molecule has 0 aliphatic heterocycles. The average molecular weight is 222 g/mol. The van der Waals surface area contributed by atoms with Gasteiger partial charge in [0.25, 0.3) is 0 Å². The molecule has 2 rings (SSSR count). The molecular weight excluding hydrogens is 200 g/mol. The number of hydrogen-bond donors (Lipinski definition) is 0. The first-order valence-electron chi connectivity index (χ1n) is 6.45. The van der Waals surface area contributed by atoms with Crippen molar-refractivity contribution in [2.45, 2.75) is 46.1 Å². The zero-order valence-electron chi connectivity index (χ0n) is 10.5. The van der Waals surface area contributed by atoms with E-state index in [1.165, 1.54) is 6.42 Å². The van der Waals surface area contributed by atoms with E-state index in [1.807, 2.05) is 13.8 Å². The first kappa shape index (κ1) is 11.7. The van der Waals surface area contributed by atoms with Crippen molar-refractivity contribution in [1.29, 1.82) is 0 Å². The van der Waals surface area contributed by atoms with Crippen LogP contribution in [0.25, 0.3) is 0 Å². The fourth-order valence-electron chi connectivity index (χ4n) is 3.14. The van der Waals surface area contributed by atoms with Crippen LogP contribution in [-0.2, 0) is 9.53 Å². The van der Waals surface area contributed by atoms with E-state index in [9.17, 15) is 4.79 Å². The van der Waals surface area contributed by atoms with Crippen LogP contribution in [0.1, 0.15) is 40.0 Å². The van der Waals surface area contributed by atoms with Crippen LogP contribution in [0.2, 0.25) is 0 Å². The third kappa shape index (κ3) is 2.31. The normalized spacial score (nSPS) is 37.5. The highest BCUT2D eigenvalue weighted by atomic mass is 16.5. The van der Waals surface area contributed by atoms with Gasteiger partial charge in [-0.1, -0.05) is 19.1 Å². The number of fused-ring (bicyclic) bond motifs is 1. The highest BCUT2D eigenvalue weighted by Crippen LogP contribution is 2.45. The zero-order valence-corrected chi connectivity index (χ0v) is 10.5. The molecule has 0 saturated heterocycles. The first-order chi connectivity index (χ1) is 7.58. The lowest BCUT2D eigenvalue weighted by molar-refractivity contribution is -0.152. The Hall–Kier alpha value is -0.790. The van der Waals surface area contributed by atoms with Crippen LogP contribution < -0.4 is 0 Å². The summed E-state index contributed by atoms with van der Waals surface area (Å²) in [6, 6.07) is 0. The Morgan fingerprint density at radius 1 is 1.38 bits per heavy atom. The van der Waals surface area contributed by atoms with E-state index in [1.54, 1.807) is 0 Å². The predicted molar refractivity (Wildman–Crippen MR) is 63.9 cm³/mol. The molecule has 0 radical (unpaired) electrons. The fourth-order valence-corrected chi connectivity index (χ4v) is 3.14. The van der Waals surface area contributed by atoms with E-state index in [0.717, 1.165) is 18.8 Å². The summed E-state index contributed by atoms with van der Waals surface area (Å²) in [5, 5.41) is 0. The summed E-state index contributed by atoms with van der Waals surface area (Å²) in [6.45, 7) is 6.14. The van der Waals surface area contributed by atoms with Crippen molar-refractivity contribution in [3.63, 3.8) is 0 Å². The van der Waals surface area contributed by atoms with Crippen LogP contribution in [-0.4, -0.2) is 12.1 Å². The molecule has 4 atom stereocenters. The summed E-state index contributed by atoms with van der Waals surface area (Å²) in [6.07, 6.45) is 7.81. The molecule has 2 aliphatic carbocycles. The van der Waals surface area contributed by atoms with Gasteiger partial charge >= 0.3 is 5.97 Å². The van der Waals surface area contributed by atoms with Crippen LogP contribution in [0.4, 0.5) is 0 Å². The summed E-state index contributed by atoms with van der Waals surface area (Å²) in [5.74, 6) is 2.21. The van der Waals surface area contributed by atoms with Crippen molar-refractivity contribution >= 4 is 5.97 Å². The van der Waals surface area contributed by atoms with Crippen molar-refractivity contribution in [1.82, 2.24) is 0 Å². The van der Waals surface area contributed by atoms with Gasteiger partial charge in [0.2, 0.25) is 0 Å². The minimum atomic E-state index is 0.0168. The van der Waals surface area contributed by atoms with Crippen LogP contribution in [0.5, 0.6) is 0 Å². The minimum absolute atomic E-state index is 0.0168. The Kier molecular flexibility index (Phi) is 3.36. The van der Waals surface area contributed by atoms with Crippen LogP contribution in [0.15, 0.2) is 12.2 Å². The Morgan fingerprint density at radius 3 is 2.75 bits per heavy atom. The van der Waals surface area contributed by atoms with Gasteiger partial charge < -0.3 is 4.74 Å². The molecule has 2 nitrogen and oxygen atoms in total. The molecule has 16 heavy (non-hydrogen) atoms. The van der Waals surface area contributed by atoms with Crippen LogP contribution in [0, 0.1) is 23.7 Å². The Labute approximate surface area is 98.1 Å². The van der Waals surface area contributed by atoms with Gasteiger partial charge in [0.05, 0.1) is 12.0 Å². The van der Waals surface area contributed by atoms with E-state index >= 15 is 0 Å². The number of allylic oxidation sites excluding steroid dienone is 2. The van der Waals surface area contributed by atoms with Gasteiger partial charge in [0.1, 0.15) is 0 Å². The molecule has 2 unspecified atom stereocenters. The lowest BCUT2D eigenvalue weighted by Gasteiger charge is -2.26. The Bertz CT molecular complexity index is 293. The van der Waals surface area contributed by atoms with Crippen LogP contribution in [0.3, 0.4) is 0 Å². The largest absolute Gasteiger partial charge is 0.463 e. The molecule has 0 spiro atoms. The summed E-state index contributed by atoms with van der Waals surface area (Å²) in [5.41, 5.74) is 0. The number of hydrogen-bond acceptors (Lipinski definition) is 2. The quantitative estimate of drug-likeness (QED) is 0.530. The fraction of sp³-hybridized carbons (Fsp3) is 0.786. The number of ether oxygens (including phenoxy) is 1. The van der Waals surface area contributed by atoms with Crippen molar-refractivity contribution < 1.29 is 9.53 Å². The highest BCUT2D eigenvalue weighted by Gasteiger charge is 2.40. The van der Waals surface area contributed by atoms with Crippen molar-refractivity contribution in [3.05, 3.63) is 12.2 Å². The summed E-state index contributed by atoms with van der Waals surface area (Å²) in [7, 11) is 0. The highest BCUT2D eigenvalue weighted by molar-refractivity contribution is 5.73. The van der Waals surface area contributed by atoms with E-state index in [4.69, 9.17) is 4.74 Å². The summed E-state index contributed by atoms with van der Waals surface area (Å²) >= 11 is 0. The second kappa shape index (κ2) is 4.60. The average Bonchev–Trinajstić information content (AvgIpc) is 2.61. The molecule has 0 aromatic heterocycles. The molecule has 0 aromatic rings. The number of carbonyl (C=O) groups is 1. The SMILES string of the molecule is CC(C)OC(=O)C1CC2[C@H](C)CC=C[C@H]2C1. The molecule has 2 aliphatic rings. The van der Waals surface area contributed by atoms with Gasteiger partial charge in [-0.2, -0.15) is 0 Å². The lowest BCUT2D eigenvalue weighted by atomic mass is 9.79. The second-order valence-electron chi connectivity index (χ2n) is 5.62. The smallest absolute Gasteiger partial charge is 0.309 e. The third-order valence-electron chi connectivity index (χ3n) is 3.97. The maximum absolute atomic E-state index is 11.9. The third-order valence-corrected chi connectivity index (χ3v) is 3.97. The predicted octanol–water partition coefficient (Wildman–Crippen LogP) is 3.18. The van der Waals surface area contributed by atoms with E-state index in [-0.39, 0.29) is 18.0 Å². The zero-order chi connectivity index (χ0) is 11.7. The lowest BCUT2D eigenvalue weighted by Crippen LogP contribution is -2.20. The first-order valence-corrected chi connectivity index (χ1v) is 6.45. The molecule has 90 valence electrons. The van der Waals surface area contributed by atoms with E-state index < -0.39 is 0 Å². The molecule has 0 aromatic carbocycles. The van der Waals surface area contributed by atoms with E-state index in [2.05, 4.69) is 19.1 Å². The molecule has 0 heterocycles.